The first-order valence-corrected chi connectivity index (χ1v) is 6.09. The summed E-state index contributed by atoms with van der Waals surface area (Å²) in [5, 5.41) is 8.25. The number of carbonyl (C=O) groups is 1. The lowest BCUT2D eigenvalue weighted by Crippen LogP contribution is -2.43. The Labute approximate surface area is 118 Å². The first kappa shape index (κ1) is 15.9. The Balaban J connectivity index is 0.00000180. The van der Waals surface area contributed by atoms with Gasteiger partial charge in [0.25, 0.3) is 0 Å². The van der Waals surface area contributed by atoms with Crippen molar-refractivity contribution in [1.29, 1.82) is 0 Å². The third kappa shape index (κ3) is 3.05. The molecule has 1 aliphatic rings. The minimum atomic E-state index is -0.262. The highest BCUT2D eigenvalue weighted by Crippen LogP contribution is 2.22. The average molecular weight is 290 g/mol. The quantitative estimate of drug-likeness (QED) is 0.808. The first-order chi connectivity index (χ1) is 8.69. The molecule has 0 aliphatic carbocycles. The van der Waals surface area contributed by atoms with Crippen LogP contribution >= 0.6 is 12.4 Å². The Kier molecular flexibility index (Phi) is 5.71. The fraction of sp³-hybridized carbons (Fsp3) is 0.727. The highest BCUT2D eigenvalue weighted by molar-refractivity contribution is 5.85. The summed E-state index contributed by atoms with van der Waals surface area (Å²) in [5.41, 5.74) is 5.53. The van der Waals surface area contributed by atoms with Gasteiger partial charge in [-0.2, -0.15) is 0 Å². The van der Waals surface area contributed by atoms with Crippen LogP contribution in [0.15, 0.2) is 0 Å². The van der Waals surface area contributed by atoms with E-state index in [0.717, 1.165) is 11.6 Å². The van der Waals surface area contributed by atoms with Gasteiger partial charge in [-0.1, -0.05) is 0 Å². The zero-order valence-corrected chi connectivity index (χ0v) is 12.0. The van der Waals surface area contributed by atoms with Gasteiger partial charge in [-0.3, -0.25) is 4.79 Å². The van der Waals surface area contributed by atoms with Gasteiger partial charge in [0.15, 0.2) is 5.82 Å². The van der Waals surface area contributed by atoms with Gasteiger partial charge in [0.2, 0.25) is 5.91 Å². The van der Waals surface area contributed by atoms with Gasteiger partial charge in [0.1, 0.15) is 11.9 Å². The zero-order chi connectivity index (χ0) is 13.1. The second kappa shape index (κ2) is 6.83. The van der Waals surface area contributed by atoms with Crippen LogP contribution in [0.3, 0.4) is 0 Å². The van der Waals surface area contributed by atoms with Crippen molar-refractivity contribution in [2.45, 2.75) is 25.9 Å². The number of nitrogens with zero attached hydrogens (tertiary/aromatic N) is 4. The summed E-state index contributed by atoms with van der Waals surface area (Å²) in [6.45, 7) is 3.98. The molecule has 8 heteroatoms. The highest BCUT2D eigenvalue weighted by atomic mass is 35.5. The van der Waals surface area contributed by atoms with E-state index < -0.39 is 0 Å². The maximum Gasteiger partial charge on any atom is 0.245 e. The number of nitrogens with two attached hydrogens (primary N) is 1. The summed E-state index contributed by atoms with van der Waals surface area (Å²) in [5.74, 6) is 1.69. The number of hydrogen-bond donors (Lipinski definition) is 1. The molecule has 19 heavy (non-hydrogen) atoms. The molecule has 1 aliphatic heterocycles. The van der Waals surface area contributed by atoms with Crippen LogP contribution in [0, 0.1) is 0 Å². The van der Waals surface area contributed by atoms with Crippen molar-refractivity contribution in [2.75, 3.05) is 26.8 Å². The van der Waals surface area contributed by atoms with E-state index in [-0.39, 0.29) is 24.4 Å². The molecule has 7 nitrogen and oxygen atoms in total. The molecule has 0 saturated heterocycles. The van der Waals surface area contributed by atoms with Crippen molar-refractivity contribution in [3.8, 4) is 0 Å². The monoisotopic (exact) mass is 289 g/mol. The molecule has 2 heterocycles. The molecule has 0 spiro atoms. The van der Waals surface area contributed by atoms with Crippen LogP contribution in [0.5, 0.6) is 0 Å². The number of methoxy groups -OCH3 is 1. The Hall–Kier alpha value is -1.18. The zero-order valence-electron chi connectivity index (χ0n) is 11.2. The molecule has 1 aromatic heterocycles. The van der Waals surface area contributed by atoms with E-state index in [2.05, 4.69) is 10.2 Å². The average Bonchev–Trinajstić information content (AvgIpc) is 2.76. The number of aromatic nitrogens is 3. The molecular weight excluding hydrogens is 270 g/mol. The third-order valence-electron chi connectivity index (χ3n) is 3.16. The van der Waals surface area contributed by atoms with Crippen LogP contribution in [0.4, 0.5) is 0 Å². The number of fused-ring (bicyclic) bond motifs is 1. The van der Waals surface area contributed by atoms with Crippen molar-refractivity contribution in [3.63, 3.8) is 0 Å². The largest absolute Gasteiger partial charge is 0.383 e. The minimum absolute atomic E-state index is 0. The van der Waals surface area contributed by atoms with Crippen molar-refractivity contribution < 1.29 is 9.53 Å². The van der Waals surface area contributed by atoms with Crippen LogP contribution in [0.25, 0.3) is 0 Å². The van der Waals surface area contributed by atoms with E-state index in [1.165, 1.54) is 0 Å². The summed E-state index contributed by atoms with van der Waals surface area (Å²) in [6.07, 6.45) is 0.642. The fourth-order valence-electron chi connectivity index (χ4n) is 2.23. The Morgan fingerprint density at radius 3 is 2.84 bits per heavy atom. The van der Waals surface area contributed by atoms with Crippen LogP contribution < -0.4 is 5.73 Å². The van der Waals surface area contributed by atoms with Crippen molar-refractivity contribution in [3.05, 3.63) is 11.6 Å². The Morgan fingerprint density at radius 1 is 1.47 bits per heavy atom. The molecule has 1 atom stereocenters. The fourth-order valence-corrected chi connectivity index (χ4v) is 2.23. The number of ether oxygens (including phenoxy) is 1. The van der Waals surface area contributed by atoms with Crippen molar-refractivity contribution in [1.82, 2.24) is 19.7 Å². The predicted octanol–water partition coefficient (Wildman–Crippen LogP) is -0.249. The maximum atomic E-state index is 12.2. The summed E-state index contributed by atoms with van der Waals surface area (Å²) in [4.78, 5) is 14.0. The summed E-state index contributed by atoms with van der Waals surface area (Å²) in [6, 6.07) is -0.262. The van der Waals surface area contributed by atoms with E-state index in [0.29, 0.717) is 32.7 Å². The summed E-state index contributed by atoms with van der Waals surface area (Å²) >= 11 is 0. The van der Waals surface area contributed by atoms with E-state index in [4.69, 9.17) is 10.5 Å². The van der Waals surface area contributed by atoms with E-state index in [1.54, 1.807) is 12.0 Å². The molecule has 0 unspecified atom stereocenters. The molecule has 108 valence electrons. The molecule has 0 radical (unpaired) electrons. The lowest BCUT2D eigenvalue weighted by Gasteiger charge is -2.31. The molecule has 1 aromatic rings. The lowest BCUT2D eigenvalue weighted by atomic mass is 10.2. The lowest BCUT2D eigenvalue weighted by molar-refractivity contribution is -0.137. The summed E-state index contributed by atoms with van der Waals surface area (Å²) < 4.78 is 6.91. The van der Waals surface area contributed by atoms with Gasteiger partial charge < -0.3 is 19.9 Å². The Bertz CT molecular complexity index is 437. The molecule has 0 fully saturated rings. The standard InChI is InChI=1S/C11H19N5O2.ClH/c1-8-11(17)15(5-6-18-2)7-10-14-13-9(3-4-12)16(8)10;/h8H,3-7,12H2,1-2H3;1H/t8-;/m0./s1. The van der Waals surface area contributed by atoms with Gasteiger partial charge in [0.05, 0.1) is 13.2 Å². The second-order valence-corrected chi connectivity index (χ2v) is 4.37. The molecule has 0 bridgehead atoms. The van der Waals surface area contributed by atoms with Crippen LogP contribution in [0.2, 0.25) is 0 Å². The van der Waals surface area contributed by atoms with Crippen LogP contribution in [-0.2, 0) is 22.5 Å². The van der Waals surface area contributed by atoms with Gasteiger partial charge >= 0.3 is 0 Å². The summed E-state index contributed by atoms with van der Waals surface area (Å²) in [7, 11) is 1.62. The van der Waals surface area contributed by atoms with Gasteiger partial charge in [-0.05, 0) is 13.5 Å². The Morgan fingerprint density at radius 2 is 2.21 bits per heavy atom. The van der Waals surface area contributed by atoms with Gasteiger partial charge in [0, 0.05) is 20.1 Å². The van der Waals surface area contributed by atoms with E-state index in [9.17, 15) is 4.79 Å². The minimum Gasteiger partial charge on any atom is -0.383 e. The van der Waals surface area contributed by atoms with Gasteiger partial charge in [-0.25, -0.2) is 0 Å². The predicted molar refractivity (Wildman–Crippen MR) is 72.0 cm³/mol. The number of hydrogen-bond acceptors (Lipinski definition) is 5. The third-order valence-corrected chi connectivity index (χ3v) is 3.16. The number of carbonyl (C=O) groups excluding carboxylic acids is 1. The number of rotatable bonds is 5. The maximum absolute atomic E-state index is 12.2. The van der Waals surface area contributed by atoms with Crippen LogP contribution in [-0.4, -0.2) is 52.4 Å². The van der Waals surface area contributed by atoms with Crippen molar-refractivity contribution >= 4 is 18.3 Å². The molecule has 0 saturated carbocycles. The second-order valence-electron chi connectivity index (χ2n) is 4.37. The molecule has 1 amide bonds. The van der Waals surface area contributed by atoms with Gasteiger partial charge in [-0.15, -0.1) is 22.6 Å². The molecule has 2 N–H and O–H groups in total. The molecular formula is C11H20ClN5O2. The number of halogens is 1. The normalized spacial score (nSPS) is 18.2. The van der Waals surface area contributed by atoms with Crippen molar-refractivity contribution in [2.24, 2.45) is 5.73 Å². The smallest absolute Gasteiger partial charge is 0.245 e. The van der Waals surface area contributed by atoms with Crippen LogP contribution in [0.1, 0.15) is 24.6 Å². The molecule has 0 aromatic carbocycles. The first-order valence-electron chi connectivity index (χ1n) is 6.09. The molecule has 2 rings (SSSR count). The van der Waals surface area contributed by atoms with E-state index in [1.807, 2.05) is 11.5 Å². The topological polar surface area (TPSA) is 86.3 Å². The highest BCUT2D eigenvalue weighted by Gasteiger charge is 2.32. The van der Waals surface area contributed by atoms with E-state index >= 15 is 0 Å². The SMILES string of the molecule is COCCN1Cc2nnc(CCN)n2[C@@H](C)C1=O.Cl. The number of amides is 1.